The van der Waals surface area contributed by atoms with E-state index < -0.39 is 0 Å². The van der Waals surface area contributed by atoms with Crippen LogP contribution in [0.5, 0.6) is 0 Å². The Morgan fingerprint density at radius 1 is 1.08 bits per heavy atom. The number of hydrogen-bond donors (Lipinski definition) is 1. The molecule has 2 aromatic carbocycles. The molecule has 0 saturated carbocycles. The fourth-order valence-corrected chi connectivity index (χ4v) is 3.95. The van der Waals surface area contributed by atoms with Crippen molar-refractivity contribution >= 4 is 57.9 Å². The van der Waals surface area contributed by atoms with Crippen molar-refractivity contribution in [2.24, 2.45) is 0 Å². The van der Waals surface area contributed by atoms with Crippen molar-refractivity contribution in [1.82, 2.24) is 4.90 Å². The average molecular weight is 405 g/mol. The summed E-state index contributed by atoms with van der Waals surface area (Å²) in [4.78, 5) is 27.5. The molecule has 0 radical (unpaired) electrons. The number of thiocarbonyl (C=S) groups is 1. The Labute approximate surface area is 166 Å². The number of hydrogen-bond acceptors (Lipinski definition) is 4. The maximum Gasteiger partial charge on any atom is 0.283 e. The van der Waals surface area contributed by atoms with Gasteiger partial charge in [0.1, 0.15) is 0 Å². The third-order valence-electron chi connectivity index (χ3n) is 4.00. The Morgan fingerprint density at radius 3 is 2.46 bits per heavy atom. The molecule has 2 aromatic rings. The van der Waals surface area contributed by atoms with E-state index in [1.54, 1.807) is 42.5 Å². The predicted molar refractivity (Wildman–Crippen MR) is 111 cm³/mol. The van der Waals surface area contributed by atoms with E-state index in [4.69, 9.17) is 23.8 Å². The number of rotatable bonds is 3. The van der Waals surface area contributed by atoms with Crippen molar-refractivity contribution in [2.45, 2.75) is 0 Å². The van der Waals surface area contributed by atoms with Gasteiger partial charge in [0, 0.05) is 40.7 Å². The van der Waals surface area contributed by atoms with E-state index in [-0.39, 0.29) is 16.7 Å². The number of nitrogens with one attached hydrogen (secondary N) is 1. The van der Waals surface area contributed by atoms with Crippen LogP contribution in [0.3, 0.4) is 0 Å². The third kappa shape index (κ3) is 4.44. The monoisotopic (exact) mass is 404 g/mol. The highest BCUT2D eigenvalue weighted by Crippen LogP contribution is 2.24. The van der Waals surface area contributed by atoms with E-state index >= 15 is 0 Å². The number of halogens is 1. The summed E-state index contributed by atoms with van der Waals surface area (Å²) in [5.41, 5.74) is 1.27. The van der Waals surface area contributed by atoms with Crippen LogP contribution in [0.15, 0.2) is 48.5 Å². The highest BCUT2D eigenvalue weighted by molar-refractivity contribution is 7.99. The van der Waals surface area contributed by atoms with Crippen LogP contribution in [0.4, 0.5) is 5.69 Å². The van der Waals surface area contributed by atoms with E-state index in [2.05, 4.69) is 5.32 Å². The Morgan fingerprint density at radius 2 is 1.77 bits per heavy atom. The second-order valence-electron chi connectivity index (χ2n) is 5.74. The number of amides is 1. The molecule has 1 aliphatic heterocycles. The third-order valence-corrected chi connectivity index (χ3v) is 5.62. The van der Waals surface area contributed by atoms with Gasteiger partial charge < -0.3 is 10.2 Å². The summed E-state index contributed by atoms with van der Waals surface area (Å²) in [7, 11) is 0. The largest absolute Gasteiger partial charge is 0.357 e. The van der Waals surface area contributed by atoms with Crippen molar-refractivity contribution in [1.29, 1.82) is 0 Å². The van der Waals surface area contributed by atoms with Crippen LogP contribution in [0, 0.1) is 0 Å². The number of ketones is 1. The minimum Gasteiger partial charge on any atom is -0.357 e. The topological polar surface area (TPSA) is 49.4 Å². The van der Waals surface area contributed by atoms with Gasteiger partial charge in [0.15, 0.2) is 10.8 Å². The van der Waals surface area contributed by atoms with Crippen molar-refractivity contribution < 1.29 is 9.59 Å². The first-order chi connectivity index (χ1) is 12.6. The molecule has 4 nitrogen and oxygen atoms in total. The molecule has 0 unspecified atom stereocenters. The minimum absolute atomic E-state index is 0.205. The van der Waals surface area contributed by atoms with Crippen LogP contribution in [0.1, 0.15) is 15.9 Å². The number of benzene rings is 2. The predicted octanol–water partition coefficient (Wildman–Crippen LogP) is 3.89. The molecule has 1 heterocycles. The Hall–Kier alpha value is -1.89. The average Bonchev–Trinajstić information content (AvgIpc) is 2.69. The molecule has 134 valence electrons. The summed E-state index contributed by atoms with van der Waals surface area (Å²) in [6.45, 7) is 1.51. The molecule has 0 spiro atoms. The Balaban J connectivity index is 1.82. The molecular weight excluding hydrogens is 388 g/mol. The summed E-state index contributed by atoms with van der Waals surface area (Å²) in [6, 6.07) is 13.7. The Kier molecular flexibility index (Phi) is 6.29. The molecule has 0 atom stereocenters. The zero-order valence-corrected chi connectivity index (χ0v) is 16.3. The zero-order valence-electron chi connectivity index (χ0n) is 13.9. The normalized spacial score (nSPS) is 14.0. The number of thioether (sulfide) groups is 1. The van der Waals surface area contributed by atoms with Gasteiger partial charge in [-0.25, -0.2) is 0 Å². The molecule has 1 fully saturated rings. The molecule has 1 N–H and O–H groups in total. The van der Waals surface area contributed by atoms with Gasteiger partial charge in [0.25, 0.3) is 5.91 Å². The SMILES string of the molecule is O=C(Nc1ccc(Cl)cc1C(=O)c1ccccc1)C(=S)N1CCSCC1. The van der Waals surface area contributed by atoms with Gasteiger partial charge >= 0.3 is 0 Å². The smallest absolute Gasteiger partial charge is 0.283 e. The quantitative estimate of drug-likeness (QED) is 0.621. The lowest BCUT2D eigenvalue weighted by Gasteiger charge is -2.28. The van der Waals surface area contributed by atoms with Gasteiger partial charge in [-0.05, 0) is 18.2 Å². The summed E-state index contributed by atoms with van der Waals surface area (Å²) in [6.07, 6.45) is 0. The lowest BCUT2D eigenvalue weighted by atomic mass is 10.0. The summed E-state index contributed by atoms with van der Waals surface area (Å²) < 4.78 is 0. The fraction of sp³-hybridized carbons (Fsp3) is 0.211. The lowest BCUT2D eigenvalue weighted by molar-refractivity contribution is -0.110. The molecule has 7 heteroatoms. The van der Waals surface area contributed by atoms with E-state index in [1.807, 2.05) is 22.7 Å². The van der Waals surface area contributed by atoms with Crippen molar-refractivity contribution in [3.8, 4) is 0 Å². The van der Waals surface area contributed by atoms with E-state index in [9.17, 15) is 9.59 Å². The van der Waals surface area contributed by atoms with Crippen LogP contribution in [-0.4, -0.2) is 46.2 Å². The van der Waals surface area contributed by atoms with Gasteiger partial charge in [-0.2, -0.15) is 11.8 Å². The highest BCUT2D eigenvalue weighted by atomic mass is 35.5. The van der Waals surface area contributed by atoms with Gasteiger partial charge in [-0.15, -0.1) is 0 Å². The first-order valence-corrected chi connectivity index (χ1v) is 10.1. The van der Waals surface area contributed by atoms with Crippen LogP contribution in [0.2, 0.25) is 5.02 Å². The molecule has 0 aromatic heterocycles. The van der Waals surface area contributed by atoms with Gasteiger partial charge in [-0.1, -0.05) is 54.2 Å². The molecule has 1 saturated heterocycles. The van der Waals surface area contributed by atoms with Gasteiger partial charge in [0.2, 0.25) is 0 Å². The van der Waals surface area contributed by atoms with Crippen LogP contribution < -0.4 is 5.32 Å². The molecular formula is C19H17ClN2O2S2. The number of carbonyl (C=O) groups is 2. The van der Waals surface area contributed by atoms with E-state index in [0.717, 1.165) is 24.6 Å². The molecule has 3 rings (SSSR count). The first-order valence-electron chi connectivity index (χ1n) is 8.13. The molecule has 0 aliphatic carbocycles. The summed E-state index contributed by atoms with van der Waals surface area (Å²) in [5, 5.41) is 3.21. The maximum atomic E-state index is 12.8. The fourth-order valence-electron chi connectivity index (χ4n) is 2.64. The standard InChI is InChI=1S/C19H17ClN2O2S2/c20-14-6-7-16(15(12-14)17(23)13-4-2-1-3-5-13)21-18(24)19(25)22-8-10-26-11-9-22/h1-7,12H,8-11H2,(H,21,24). The molecule has 1 aliphatic rings. The second-order valence-corrected chi connectivity index (χ2v) is 7.79. The molecule has 0 bridgehead atoms. The van der Waals surface area contributed by atoms with Crippen LogP contribution >= 0.6 is 35.6 Å². The first kappa shape index (κ1) is 18.9. The van der Waals surface area contributed by atoms with Crippen molar-refractivity contribution in [2.75, 3.05) is 29.9 Å². The summed E-state index contributed by atoms with van der Waals surface area (Å²) in [5.74, 6) is 1.32. The number of carbonyl (C=O) groups excluding carboxylic acids is 2. The lowest BCUT2D eigenvalue weighted by Crippen LogP contribution is -2.43. The minimum atomic E-state index is -0.378. The Bertz CT molecular complexity index is 837. The zero-order chi connectivity index (χ0) is 18.5. The maximum absolute atomic E-state index is 12.8. The van der Waals surface area contributed by atoms with E-state index in [1.165, 1.54) is 0 Å². The van der Waals surface area contributed by atoms with Crippen LogP contribution in [0.25, 0.3) is 0 Å². The highest BCUT2D eigenvalue weighted by Gasteiger charge is 2.22. The van der Waals surface area contributed by atoms with Crippen molar-refractivity contribution in [3.05, 3.63) is 64.7 Å². The summed E-state index contributed by atoms with van der Waals surface area (Å²) >= 11 is 13.2. The second kappa shape index (κ2) is 8.66. The van der Waals surface area contributed by atoms with Gasteiger partial charge in [-0.3, -0.25) is 9.59 Å². The van der Waals surface area contributed by atoms with Crippen molar-refractivity contribution in [3.63, 3.8) is 0 Å². The molecule has 26 heavy (non-hydrogen) atoms. The van der Waals surface area contributed by atoms with Crippen LogP contribution in [-0.2, 0) is 4.79 Å². The molecule has 1 amide bonds. The van der Waals surface area contributed by atoms with Gasteiger partial charge in [0.05, 0.1) is 5.69 Å². The number of nitrogens with zero attached hydrogens (tertiary/aromatic N) is 1. The van der Waals surface area contributed by atoms with E-state index in [0.29, 0.717) is 21.8 Å². The number of anilines is 1.